The number of hydrogen-bond acceptors (Lipinski definition) is 2. The normalized spacial score (nSPS) is 15.9. The first kappa shape index (κ1) is 20.3. The summed E-state index contributed by atoms with van der Waals surface area (Å²) >= 11 is 0. The van der Waals surface area contributed by atoms with Crippen molar-refractivity contribution in [1.29, 1.82) is 0 Å². The molecule has 1 aliphatic rings. The van der Waals surface area contributed by atoms with Crippen molar-refractivity contribution >= 4 is 29.1 Å². The first-order valence-electron chi connectivity index (χ1n) is 10.7. The van der Waals surface area contributed by atoms with Crippen molar-refractivity contribution in [3.8, 4) is 0 Å². The Hall–Kier alpha value is -3.61. The van der Waals surface area contributed by atoms with Gasteiger partial charge in [-0.25, -0.2) is 0 Å². The summed E-state index contributed by atoms with van der Waals surface area (Å²) < 4.78 is 21.4. The minimum atomic E-state index is -3.15. The smallest absolute Gasteiger partial charge is 0.185 e. The van der Waals surface area contributed by atoms with Crippen LogP contribution in [0.1, 0.15) is 11.1 Å². The third-order valence-electron chi connectivity index (χ3n) is 5.66. The molecule has 0 unspecified atom stereocenters. The molecule has 0 saturated carbocycles. The van der Waals surface area contributed by atoms with Crippen LogP contribution in [0, 0.1) is 0 Å². The van der Waals surface area contributed by atoms with E-state index in [4.69, 9.17) is 4.74 Å². The Labute approximate surface area is 188 Å². The van der Waals surface area contributed by atoms with Crippen molar-refractivity contribution in [2.24, 2.45) is 0 Å². The predicted octanol–water partition coefficient (Wildman–Crippen LogP) is 6.48. The average molecular weight is 434 g/mol. The fourth-order valence-corrected chi connectivity index (χ4v) is 6.77. The van der Waals surface area contributed by atoms with Gasteiger partial charge in [-0.3, -0.25) is 0 Å². The Morgan fingerprint density at radius 2 is 1.00 bits per heavy atom. The summed E-state index contributed by atoms with van der Waals surface area (Å²) in [6.07, 6.45) is 4.06. The zero-order valence-electron chi connectivity index (χ0n) is 17.5. The maximum absolute atomic E-state index is 14.9. The SMILES string of the molecule is O=P(c1ccccc1)(c1ccccc1)[C@H]1C=C(c2ccccc2)C=C(c2ccccc2)O1. The van der Waals surface area contributed by atoms with E-state index in [1.54, 1.807) is 0 Å². The van der Waals surface area contributed by atoms with Crippen LogP contribution in [-0.4, -0.2) is 5.85 Å². The van der Waals surface area contributed by atoms with E-state index in [1.807, 2.05) is 121 Å². The van der Waals surface area contributed by atoms with E-state index in [0.717, 1.165) is 33.1 Å². The molecule has 0 aromatic heterocycles. The van der Waals surface area contributed by atoms with Crippen LogP contribution in [-0.2, 0) is 9.30 Å². The van der Waals surface area contributed by atoms with E-state index < -0.39 is 13.0 Å². The molecule has 0 N–H and O–H groups in total. The molecule has 32 heavy (non-hydrogen) atoms. The number of rotatable bonds is 5. The van der Waals surface area contributed by atoms with Gasteiger partial charge in [0, 0.05) is 16.2 Å². The molecule has 2 nitrogen and oxygen atoms in total. The highest BCUT2D eigenvalue weighted by Crippen LogP contribution is 2.53. The number of benzene rings is 4. The Kier molecular flexibility index (Phi) is 5.62. The molecule has 4 aromatic rings. The van der Waals surface area contributed by atoms with Crippen molar-refractivity contribution in [3.63, 3.8) is 0 Å². The minimum absolute atomic E-state index is 0.622. The molecule has 0 radical (unpaired) electrons. The van der Waals surface area contributed by atoms with E-state index in [0.29, 0.717) is 0 Å². The highest BCUT2D eigenvalue weighted by Gasteiger charge is 2.39. The molecule has 0 aliphatic carbocycles. The van der Waals surface area contributed by atoms with Gasteiger partial charge in [0.2, 0.25) is 0 Å². The van der Waals surface area contributed by atoms with Crippen LogP contribution in [0.3, 0.4) is 0 Å². The topological polar surface area (TPSA) is 26.3 Å². The van der Waals surface area contributed by atoms with E-state index in [1.165, 1.54) is 0 Å². The summed E-state index contributed by atoms with van der Waals surface area (Å²) in [4.78, 5) is 0. The fourth-order valence-electron chi connectivity index (χ4n) is 4.03. The van der Waals surface area contributed by atoms with Crippen molar-refractivity contribution in [2.45, 2.75) is 5.85 Å². The molecular weight excluding hydrogens is 411 g/mol. The lowest BCUT2D eigenvalue weighted by Crippen LogP contribution is -2.27. The van der Waals surface area contributed by atoms with Gasteiger partial charge >= 0.3 is 0 Å². The zero-order valence-corrected chi connectivity index (χ0v) is 18.4. The lowest BCUT2D eigenvalue weighted by molar-refractivity contribution is 0.276. The molecule has 1 aliphatic heterocycles. The Bertz CT molecular complexity index is 1250. The minimum Gasteiger partial charge on any atom is -0.477 e. The summed E-state index contributed by atoms with van der Waals surface area (Å²) in [6.45, 7) is 0. The molecule has 0 fully saturated rings. The molecule has 1 atom stereocenters. The van der Waals surface area contributed by atoms with Crippen LogP contribution in [0.5, 0.6) is 0 Å². The standard InChI is InChI=1S/C29H23O2P/c30-32(26-17-9-3-10-18-26,27-19-11-4-12-20-27)29-22-25(23-13-5-1-6-14-23)21-28(31-29)24-15-7-2-8-16-24/h1-22,29H/t29-/m0/s1. The number of ether oxygens (including phenoxy) is 1. The Balaban J connectivity index is 1.70. The van der Waals surface area contributed by atoms with Crippen molar-refractivity contribution in [3.05, 3.63) is 145 Å². The average Bonchev–Trinajstić information content (AvgIpc) is 2.90. The molecule has 4 aromatic carbocycles. The van der Waals surface area contributed by atoms with Gasteiger partial charge in [-0.1, -0.05) is 121 Å². The van der Waals surface area contributed by atoms with Gasteiger partial charge in [-0.15, -0.1) is 0 Å². The van der Waals surface area contributed by atoms with Gasteiger partial charge in [0.1, 0.15) is 5.76 Å². The molecule has 156 valence electrons. The van der Waals surface area contributed by atoms with Crippen LogP contribution in [0.2, 0.25) is 0 Å². The van der Waals surface area contributed by atoms with Crippen molar-refractivity contribution in [1.82, 2.24) is 0 Å². The summed E-state index contributed by atoms with van der Waals surface area (Å²) in [5, 5.41) is 1.57. The van der Waals surface area contributed by atoms with E-state index in [2.05, 4.69) is 12.1 Å². The lowest BCUT2D eigenvalue weighted by atomic mass is 10.0. The molecule has 0 saturated heterocycles. The van der Waals surface area contributed by atoms with E-state index in [-0.39, 0.29) is 0 Å². The van der Waals surface area contributed by atoms with Gasteiger partial charge in [0.05, 0.1) is 0 Å². The maximum atomic E-state index is 14.9. The van der Waals surface area contributed by atoms with Gasteiger partial charge in [-0.2, -0.15) is 0 Å². The first-order chi connectivity index (χ1) is 15.7. The Morgan fingerprint density at radius 1 is 0.562 bits per heavy atom. The third-order valence-corrected chi connectivity index (χ3v) is 8.76. The first-order valence-corrected chi connectivity index (χ1v) is 12.4. The van der Waals surface area contributed by atoms with Crippen LogP contribution in [0.15, 0.2) is 133 Å². The fraction of sp³-hybridized carbons (Fsp3) is 0.0345. The zero-order chi connectivity index (χ0) is 21.8. The summed E-state index contributed by atoms with van der Waals surface area (Å²) in [5.41, 5.74) is 3.04. The molecule has 1 heterocycles. The predicted molar refractivity (Wildman–Crippen MR) is 133 cm³/mol. The summed E-state index contributed by atoms with van der Waals surface area (Å²) in [6, 6.07) is 39.6. The third kappa shape index (κ3) is 3.86. The highest BCUT2D eigenvalue weighted by molar-refractivity contribution is 7.79. The molecule has 0 spiro atoms. The molecule has 0 bridgehead atoms. The molecular formula is C29H23O2P. The number of allylic oxidation sites excluding steroid dienone is 2. The number of hydrogen-bond donors (Lipinski definition) is 0. The van der Waals surface area contributed by atoms with Crippen LogP contribution < -0.4 is 10.6 Å². The van der Waals surface area contributed by atoms with Gasteiger partial charge in [0.25, 0.3) is 0 Å². The van der Waals surface area contributed by atoms with Crippen molar-refractivity contribution < 1.29 is 9.30 Å². The maximum Gasteiger partial charge on any atom is 0.185 e. The largest absolute Gasteiger partial charge is 0.477 e. The van der Waals surface area contributed by atoms with Crippen LogP contribution in [0.25, 0.3) is 11.3 Å². The van der Waals surface area contributed by atoms with E-state index >= 15 is 0 Å². The second kappa shape index (κ2) is 8.86. The molecule has 5 rings (SSSR count). The molecule has 3 heteroatoms. The van der Waals surface area contributed by atoms with Gasteiger partial charge < -0.3 is 9.30 Å². The van der Waals surface area contributed by atoms with Gasteiger partial charge in [0.15, 0.2) is 13.0 Å². The molecule has 0 amide bonds. The highest BCUT2D eigenvalue weighted by atomic mass is 31.2. The Morgan fingerprint density at radius 3 is 1.50 bits per heavy atom. The van der Waals surface area contributed by atoms with Crippen molar-refractivity contribution in [2.75, 3.05) is 0 Å². The van der Waals surface area contributed by atoms with Gasteiger partial charge in [-0.05, 0) is 23.3 Å². The quantitative estimate of drug-likeness (QED) is 0.336. The second-order valence-electron chi connectivity index (χ2n) is 7.70. The lowest BCUT2D eigenvalue weighted by Gasteiger charge is -2.31. The summed E-state index contributed by atoms with van der Waals surface area (Å²) in [5.74, 6) is 0.103. The van der Waals surface area contributed by atoms with E-state index in [9.17, 15) is 4.57 Å². The second-order valence-corrected chi connectivity index (χ2v) is 10.6. The summed E-state index contributed by atoms with van der Waals surface area (Å²) in [7, 11) is -3.15. The van der Waals surface area contributed by atoms with Crippen LogP contribution >= 0.6 is 7.14 Å². The monoisotopic (exact) mass is 434 g/mol. The van der Waals surface area contributed by atoms with Crippen LogP contribution in [0.4, 0.5) is 0 Å².